The molecule has 0 aliphatic heterocycles. The highest BCUT2D eigenvalue weighted by Gasteiger charge is 2.09. The molecule has 1 heterocycles. The lowest BCUT2D eigenvalue weighted by molar-refractivity contribution is 0.0272. The molecule has 0 spiro atoms. The average Bonchev–Trinajstić information content (AvgIpc) is 2.37. The van der Waals surface area contributed by atoms with Crippen LogP contribution < -0.4 is 5.32 Å². The minimum atomic E-state index is -0.425. The summed E-state index contributed by atoms with van der Waals surface area (Å²) < 4.78 is 10.5. The van der Waals surface area contributed by atoms with Crippen LogP contribution in [0.2, 0.25) is 0 Å². The van der Waals surface area contributed by atoms with Gasteiger partial charge in [0, 0.05) is 12.6 Å². The van der Waals surface area contributed by atoms with E-state index in [4.69, 9.17) is 9.47 Å². The Balaban J connectivity index is 2.39. The van der Waals surface area contributed by atoms with Crippen molar-refractivity contribution in [3.8, 4) is 0 Å². The zero-order valence-corrected chi connectivity index (χ0v) is 12.7. The molecule has 0 aliphatic carbocycles. The molecule has 0 radical (unpaired) electrons. The van der Waals surface area contributed by atoms with E-state index in [0.717, 1.165) is 0 Å². The largest absolute Gasteiger partial charge is 0.459 e. The van der Waals surface area contributed by atoms with Crippen molar-refractivity contribution in [1.29, 1.82) is 0 Å². The molecule has 0 saturated heterocycles. The van der Waals surface area contributed by atoms with Crippen molar-refractivity contribution in [2.75, 3.05) is 25.1 Å². The number of carbonyl (C=O) groups is 1. The third-order valence-electron chi connectivity index (χ3n) is 2.31. The second-order valence-corrected chi connectivity index (χ2v) is 5.31. The number of nitrogens with one attached hydrogen (secondary N) is 1. The third kappa shape index (κ3) is 6.52. The van der Waals surface area contributed by atoms with Crippen LogP contribution >= 0.6 is 0 Å². The highest BCUT2D eigenvalue weighted by atomic mass is 16.6. The first-order valence-electron chi connectivity index (χ1n) is 6.97. The van der Waals surface area contributed by atoms with Crippen LogP contribution in [-0.2, 0) is 9.47 Å². The van der Waals surface area contributed by atoms with Crippen LogP contribution in [0.1, 0.15) is 38.2 Å². The van der Waals surface area contributed by atoms with Gasteiger partial charge in [-0.05, 0) is 31.9 Å². The van der Waals surface area contributed by atoms with Crippen LogP contribution in [0.5, 0.6) is 0 Å². The molecule has 0 atom stereocenters. The Labute approximate surface area is 120 Å². The molecule has 5 nitrogen and oxygen atoms in total. The van der Waals surface area contributed by atoms with Gasteiger partial charge in [-0.3, -0.25) is 0 Å². The lowest BCUT2D eigenvalue weighted by Gasteiger charge is -2.10. The molecule has 20 heavy (non-hydrogen) atoms. The van der Waals surface area contributed by atoms with Gasteiger partial charge in [0.05, 0.1) is 6.61 Å². The van der Waals surface area contributed by atoms with Crippen LogP contribution in [-0.4, -0.2) is 36.8 Å². The molecule has 0 aliphatic rings. The monoisotopic (exact) mass is 280 g/mol. The summed E-state index contributed by atoms with van der Waals surface area (Å²) in [6, 6.07) is 5.51. The number of hydrogen-bond acceptors (Lipinski definition) is 5. The lowest BCUT2D eigenvalue weighted by atomic mass is 10.2. The van der Waals surface area contributed by atoms with E-state index in [2.05, 4.69) is 24.1 Å². The number of pyridine rings is 1. The summed E-state index contributed by atoms with van der Waals surface area (Å²) in [5.74, 6) is 0.724. The molecule has 0 saturated carbocycles. The van der Waals surface area contributed by atoms with Gasteiger partial charge in [0.15, 0.2) is 5.69 Å². The lowest BCUT2D eigenvalue weighted by Crippen LogP contribution is -2.15. The number of esters is 1. The summed E-state index contributed by atoms with van der Waals surface area (Å²) in [4.78, 5) is 16.0. The van der Waals surface area contributed by atoms with Gasteiger partial charge in [-0.2, -0.15) is 0 Å². The number of anilines is 1. The highest BCUT2D eigenvalue weighted by Crippen LogP contribution is 2.07. The Morgan fingerprint density at radius 2 is 2.00 bits per heavy atom. The van der Waals surface area contributed by atoms with Crippen LogP contribution in [0.15, 0.2) is 18.2 Å². The standard InChI is InChI=1S/C15H24N2O3/c1-11(2)10-19-8-9-20-15(18)13-6-5-7-14(17-13)16-12(3)4/h5-7,11-12H,8-10H2,1-4H3,(H,16,17). The van der Waals surface area contributed by atoms with Crippen molar-refractivity contribution in [3.63, 3.8) is 0 Å². The topological polar surface area (TPSA) is 60.5 Å². The smallest absolute Gasteiger partial charge is 0.357 e. The zero-order chi connectivity index (χ0) is 15.0. The Hall–Kier alpha value is -1.62. The van der Waals surface area contributed by atoms with Gasteiger partial charge in [0.25, 0.3) is 0 Å². The van der Waals surface area contributed by atoms with Crippen molar-refractivity contribution in [1.82, 2.24) is 4.98 Å². The molecule has 0 bridgehead atoms. The van der Waals surface area contributed by atoms with Gasteiger partial charge < -0.3 is 14.8 Å². The fourth-order valence-electron chi connectivity index (χ4n) is 1.51. The molecule has 0 aromatic carbocycles. The number of nitrogens with zero attached hydrogens (tertiary/aromatic N) is 1. The third-order valence-corrected chi connectivity index (χ3v) is 2.31. The summed E-state index contributed by atoms with van der Waals surface area (Å²) >= 11 is 0. The van der Waals surface area contributed by atoms with Crippen molar-refractivity contribution in [3.05, 3.63) is 23.9 Å². The van der Waals surface area contributed by atoms with Gasteiger partial charge in [0.1, 0.15) is 12.4 Å². The maximum atomic E-state index is 11.8. The van der Waals surface area contributed by atoms with Crippen molar-refractivity contribution >= 4 is 11.8 Å². The molecule has 0 amide bonds. The molecule has 1 aromatic rings. The molecule has 0 unspecified atom stereocenters. The van der Waals surface area contributed by atoms with Crippen molar-refractivity contribution in [2.24, 2.45) is 5.92 Å². The molecule has 1 rings (SSSR count). The van der Waals surface area contributed by atoms with Gasteiger partial charge in [0.2, 0.25) is 0 Å². The average molecular weight is 280 g/mol. The minimum absolute atomic E-state index is 0.245. The fraction of sp³-hybridized carbons (Fsp3) is 0.600. The minimum Gasteiger partial charge on any atom is -0.459 e. The van der Waals surface area contributed by atoms with Gasteiger partial charge in [-0.1, -0.05) is 19.9 Å². The number of carbonyl (C=O) groups excluding carboxylic acids is 1. The van der Waals surface area contributed by atoms with Gasteiger partial charge >= 0.3 is 5.97 Å². The quantitative estimate of drug-likeness (QED) is 0.586. The van der Waals surface area contributed by atoms with Crippen LogP contribution in [0.25, 0.3) is 0 Å². The molecule has 112 valence electrons. The van der Waals surface area contributed by atoms with E-state index >= 15 is 0 Å². The number of rotatable bonds is 8. The van der Waals surface area contributed by atoms with E-state index in [-0.39, 0.29) is 12.6 Å². The van der Waals surface area contributed by atoms with E-state index < -0.39 is 5.97 Å². The van der Waals surface area contributed by atoms with Crippen LogP contribution in [0, 0.1) is 5.92 Å². The van der Waals surface area contributed by atoms with E-state index in [1.165, 1.54) is 0 Å². The zero-order valence-electron chi connectivity index (χ0n) is 12.7. The van der Waals surface area contributed by atoms with E-state index in [9.17, 15) is 4.79 Å². The fourth-order valence-corrected chi connectivity index (χ4v) is 1.51. The maximum Gasteiger partial charge on any atom is 0.357 e. The number of aromatic nitrogens is 1. The Morgan fingerprint density at radius 1 is 1.25 bits per heavy atom. The summed E-state index contributed by atoms with van der Waals surface area (Å²) in [6.07, 6.45) is 0. The Morgan fingerprint density at radius 3 is 2.65 bits per heavy atom. The summed E-state index contributed by atoms with van der Waals surface area (Å²) in [7, 11) is 0. The van der Waals surface area contributed by atoms with E-state index in [1.807, 2.05) is 19.9 Å². The first-order valence-corrected chi connectivity index (χ1v) is 6.97. The Bertz CT molecular complexity index is 419. The molecule has 1 aromatic heterocycles. The molecule has 0 fully saturated rings. The summed E-state index contributed by atoms with van der Waals surface area (Å²) in [5.41, 5.74) is 0.305. The van der Waals surface area contributed by atoms with E-state index in [1.54, 1.807) is 12.1 Å². The maximum absolute atomic E-state index is 11.8. The van der Waals surface area contributed by atoms with Crippen LogP contribution in [0.4, 0.5) is 5.82 Å². The Kier molecular flexibility index (Phi) is 7.01. The van der Waals surface area contributed by atoms with Crippen molar-refractivity contribution in [2.45, 2.75) is 33.7 Å². The van der Waals surface area contributed by atoms with E-state index in [0.29, 0.717) is 30.6 Å². The van der Waals surface area contributed by atoms with Gasteiger partial charge in [-0.15, -0.1) is 0 Å². The first kappa shape index (κ1) is 16.4. The number of ether oxygens (including phenoxy) is 2. The normalized spacial score (nSPS) is 10.9. The summed E-state index contributed by atoms with van der Waals surface area (Å²) in [6.45, 7) is 9.50. The SMILES string of the molecule is CC(C)COCCOC(=O)c1cccc(NC(C)C)n1. The first-order chi connectivity index (χ1) is 9.49. The van der Waals surface area contributed by atoms with Crippen molar-refractivity contribution < 1.29 is 14.3 Å². The molecular weight excluding hydrogens is 256 g/mol. The second-order valence-electron chi connectivity index (χ2n) is 5.31. The number of hydrogen-bond donors (Lipinski definition) is 1. The molecule has 5 heteroatoms. The van der Waals surface area contributed by atoms with Gasteiger partial charge in [-0.25, -0.2) is 9.78 Å². The molecule has 1 N–H and O–H groups in total. The highest BCUT2D eigenvalue weighted by molar-refractivity contribution is 5.87. The summed E-state index contributed by atoms with van der Waals surface area (Å²) in [5, 5.41) is 3.15. The predicted octanol–water partition coefficient (Wildman–Crippen LogP) is 2.73. The second kappa shape index (κ2) is 8.53. The molecular formula is C15H24N2O3. The predicted molar refractivity (Wildman–Crippen MR) is 78.9 cm³/mol. The van der Waals surface area contributed by atoms with Crippen LogP contribution in [0.3, 0.4) is 0 Å².